The largest absolute Gasteiger partial charge is 0.451 e. The third-order valence-corrected chi connectivity index (χ3v) is 2.30. The van der Waals surface area contributed by atoms with Gasteiger partial charge >= 0.3 is 22.5 Å². The Morgan fingerprint density at radius 2 is 2.00 bits per heavy atom. The molecule has 0 saturated carbocycles. The molecule has 0 bridgehead atoms. The van der Waals surface area contributed by atoms with Gasteiger partial charge in [0.1, 0.15) is 0 Å². The summed E-state index contributed by atoms with van der Waals surface area (Å²) in [5.74, 6) is -1.23. The van der Waals surface area contributed by atoms with Crippen LogP contribution in [-0.2, 0) is 12.7 Å². The standard InChI is InChI=1S/C6H5F3N3O.Al.2H/c1-2-12-4(13)3-10-11-5(12)6(7,8)9;;;/h2H2,1H3;;;. The van der Waals surface area contributed by atoms with E-state index in [0.29, 0.717) is 4.57 Å². The monoisotopic (exact) mass is 221 g/mol. The summed E-state index contributed by atoms with van der Waals surface area (Å²) in [5, 5.41) is 6.22. The van der Waals surface area contributed by atoms with Crippen molar-refractivity contribution in [3.05, 3.63) is 16.2 Å². The number of hydrogen-bond acceptors (Lipinski definition) is 3. The molecule has 0 spiro atoms. The number of aromatic nitrogens is 3. The molecule has 76 valence electrons. The molecule has 14 heavy (non-hydrogen) atoms. The molecule has 4 nitrogen and oxygen atoms in total. The normalized spacial score (nSPS) is 11.7. The number of alkyl halides is 3. The van der Waals surface area contributed by atoms with Gasteiger partial charge in [-0.2, -0.15) is 18.3 Å². The van der Waals surface area contributed by atoms with Crippen LogP contribution in [0.4, 0.5) is 13.2 Å². The first-order chi connectivity index (χ1) is 6.38. The smallest absolute Gasteiger partial charge is 0.288 e. The van der Waals surface area contributed by atoms with Crippen LogP contribution in [0.2, 0.25) is 0 Å². The maximum absolute atomic E-state index is 12.3. The molecular weight excluding hydrogens is 214 g/mol. The zero-order valence-corrected chi connectivity index (χ0v) is 9.59. The van der Waals surface area contributed by atoms with E-state index in [1.54, 1.807) is 0 Å². The van der Waals surface area contributed by atoms with Gasteiger partial charge in [-0.25, -0.2) is 0 Å². The quantitative estimate of drug-likeness (QED) is 0.568. The Balaban J connectivity index is 3.47. The molecule has 0 N–H and O–H groups in total. The summed E-state index contributed by atoms with van der Waals surface area (Å²) in [5.41, 5.74) is -0.693. The maximum atomic E-state index is 12.3. The van der Waals surface area contributed by atoms with Crippen LogP contribution >= 0.6 is 0 Å². The van der Waals surface area contributed by atoms with Gasteiger partial charge in [-0.3, -0.25) is 9.36 Å². The molecule has 0 amide bonds. The lowest BCUT2D eigenvalue weighted by atomic mass is 10.5. The Hall–Kier alpha value is -0.868. The summed E-state index contributed by atoms with van der Waals surface area (Å²) < 4.78 is 37.6. The van der Waals surface area contributed by atoms with Crippen molar-refractivity contribution in [2.24, 2.45) is 0 Å². The van der Waals surface area contributed by atoms with E-state index in [2.05, 4.69) is 10.2 Å². The SMILES string of the molecule is CCn1c(C(F)(F)F)nn[c]([AlH2])c1=O. The highest BCUT2D eigenvalue weighted by atomic mass is 27.0. The third-order valence-electron chi connectivity index (χ3n) is 1.67. The first-order valence-electron chi connectivity index (χ1n) is 3.89. The van der Waals surface area contributed by atoms with Gasteiger partial charge in [-0.1, -0.05) is 0 Å². The van der Waals surface area contributed by atoms with Gasteiger partial charge in [-0.05, 0) is 6.92 Å². The van der Waals surface area contributed by atoms with Crippen molar-refractivity contribution in [3.8, 4) is 0 Å². The lowest BCUT2D eigenvalue weighted by Gasteiger charge is -2.11. The van der Waals surface area contributed by atoms with E-state index >= 15 is 0 Å². The van der Waals surface area contributed by atoms with E-state index in [1.807, 2.05) is 0 Å². The Kier molecular flexibility index (Phi) is 2.97. The van der Waals surface area contributed by atoms with Crippen molar-refractivity contribution in [3.63, 3.8) is 0 Å². The van der Waals surface area contributed by atoms with Crippen LogP contribution < -0.4 is 10.1 Å². The van der Waals surface area contributed by atoms with Crippen LogP contribution in [0.15, 0.2) is 4.79 Å². The summed E-state index contributed by atoms with van der Waals surface area (Å²) in [6, 6.07) is 0. The molecule has 0 radical (unpaired) electrons. The molecule has 1 aromatic heterocycles. The van der Waals surface area contributed by atoms with Gasteiger partial charge < -0.3 is 0 Å². The van der Waals surface area contributed by atoms with Crippen LogP contribution in [0, 0.1) is 0 Å². The highest BCUT2D eigenvalue weighted by Crippen LogP contribution is 2.25. The fraction of sp³-hybridized carbons (Fsp3) is 0.500. The van der Waals surface area contributed by atoms with Gasteiger partial charge in [-0.15, -0.1) is 5.10 Å². The summed E-state index contributed by atoms with van der Waals surface area (Å²) in [4.78, 5) is 11.3. The van der Waals surface area contributed by atoms with Gasteiger partial charge in [0.25, 0.3) is 5.56 Å². The molecule has 1 rings (SSSR count). The molecule has 0 aliphatic heterocycles. The van der Waals surface area contributed by atoms with Crippen LogP contribution in [0.1, 0.15) is 12.7 Å². The van der Waals surface area contributed by atoms with Crippen molar-refractivity contribution in [2.75, 3.05) is 0 Å². The second-order valence-corrected chi connectivity index (χ2v) is 3.60. The predicted octanol–water partition coefficient (Wildman–Crippen LogP) is -1.06. The number of halogens is 3. The van der Waals surface area contributed by atoms with E-state index in [1.165, 1.54) is 6.92 Å². The highest BCUT2D eigenvalue weighted by Gasteiger charge is 2.37. The first-order valence-corrected chi connectivity index (χ1v) is 4.89. The van der Waals surface area contributed by atoms with Crippen molar-refractivity contribution < 1.29 is 13.2 Å². The van der Waals surface area contributed by atoms with Crippen molar-refractivity contribution in [1.82, 2.24) is 14.8 Å². The van der Waals surface area contributed by atoms with Gasteiger partial charge in [0, 0.05) is 11.1 Å². The minimum absolute atomic E-state index is 0.0571. The number of nitrogens with zero attached hydrogens (tertiary/aromatic N) is 3. The summed E-state index contributed by atoms with van der Waals surface area (Å²) in [6.45, 7) is 1.40. The molecule has 0 saturated heterocycles. The van der Waals surface area contributed by atoms with E-state index in [9.17, 15) is 18.0 Å². The number of rotatable bonds is 1. The first kappa shape index (κ1) is 11.2. The van der Waals surface area contributed by atoms with Crippen LogP contribution in [0.5, 0.6) is 0 Å². The summed E-state index contributed by atoms with van der Waals surface area (Å²) in [7, 11) is 0. The van der Waals surface area contributed by atoms with Crippen molar-refractivity contribution >= 4 is 20.8 Å². The van der Waals surface area contributed by atoms with Crippen LogP contribution in [0.25, 0.3) is 0 Å². The molecule has 0 aromatic carbocycles. The molecule has 1 aromatic rings. The fourth-order valence-electron chi connectivity index (χ4n) is 1.01. The summed E-state index contributed by atoms with van der Waals surface area (Å²) in [6.07, 6.45) is -4.63. The van der Waals surface area contributed by atoms with Crippen molar-refractivity contribution in [1.29, 1.82) is 0 Å². The molecule has 0 atom stereocenters. The van der Waals surface area contributed by atoms with Crippen LogP contribution in [-0.4, -0.2) is 31.1 Å². The summed E-state index contributed by atoms with van der Waals surface area (Å²) >= 11 is 0.290. The van der Waals surface area contributed by atoms with E-state index < -0.39 is 17.6 Å². The second-order valence-electron chi connectivity index (χ2n) is 2.66. The third kappa shape index (κ3) is 1.96. The Bertz CT molecular complexity index is 400. The van der Waals surface area contributed by atoms with Gasteiger partial charge in [0.15, 0.2) is 0 Å². The zero-order chi connectivity index (χ0) is 10.9. The van der Waals surface area contributed by atoms with E-state index in [4.69, 9.17) is 0 Å². The Labute approximate surface area is 85.2 Å². The van der Waals surface area contributed by atoms with E-state index in [0.717, 1.165) is 0 Å². The average Bonchev–Trinajstić information content (AvgIpc) is 2.07. The molecule has 0 fully saturated rings. The fourth-order valence-corrected chi connectivity index (χ4v) is 1.38. The predicted molar refractivity (Wildman–Crippen MR) is 45.1 cm³/mol. The Morgan fingerprint density at radius 3 is 2.43 bits per heavy atom. The van der Waals surface area contributed by atoms with Gasteiger partial charge in [0.2, 0.25) is 5.82 Å². The minimum atomic E-state index is -4.63. The molecule has 1 heterocycles. The maximum Gasteiger partial charge on any atom is 0.451 e. The minimum Gasteiger partial charge on any atom is -0.288 e. The molecule has 0 unspecified atom stereocenters. The second kappa shape index (κ2) is 3.71. The van der Waals surface area contributed by atoms with E-state index in [-0.39, 0.29) is 27.4 Å². The average molecular weight is 221 g/mol. The topological polar surface area (TPSA) is 47.8 Å². The highest BCUT2D eigenvalue weighted by molar-refractivity contribution is 6.30. The van der Waals surface area contributed by atoms with Crippen LogP contribution in [0.3, 0.4) is 0 Å². The Morgan fingerprint density at radius 1 is 1.43 bits per heavy atom. The molecule has 8 heteroatoms. The van der Waals surface area contributed by atoms with Crippen molar-refractivity contribution in [2.45, 2.75) is 19.6 Å². The molecule has 0 aliphatic rings. The molecular formula is C6H7AlF3N3O. The molecule has 0 aliphatic carbocycles. The lowest BCUT2D eigenvalue weighted by Crippen LogP contribution is -2.41. The lowest BCUT2D eigenvalue weighted by molar-refractivity contribution is -0.148. The zero-order valence-electron chi connectivity index (χ0n) is 7.59. The van der Waals surface area contributed by atoms with Gasteiger partial charge in [0.05, 0.1) is 0 Å². The number of hydrogen-bond donors (Lipinski definition) is 0.